The van der Waals surface area contributed by atoms with Crippen molar-refractivity contribution in [1.29, 1.82) is 0 Å². The molecule has 122 valence electrons. The summed E-state index contributed by atoms with van der Waals surface area (Å²) in [6.45, 7) is 1.93. The van der Waals surface area contributed by atoms with Gasteiger partial charge in [0.25, 0.3) is 0 Å². The number of thioether (sulfide) groups is 1. The van der Waals surface area contributed by atoms with E-state index in [0.29, 0.717) is 6.04 Å². The first kappa shape index (κ1) is 15.6. The maximum Gasteiger partial charge on any atom is 0.233 e. The van der Waals surface area contributed by atoms with Gasteiger partial charge in [0, 0.05) is 11.4 Å². The van der Waals surface area contributed by atoms with E-state index in [-0.39, 0.29) is 11.2 Å². The van der Waals surface area contributed by atoms with Crippen LogP contribution in [0.25, 0.3) is 21.6 Å². The Kier molecular flexibility index (Phi) is 4.24. The quantitative estimate of drug-likeness (QED) is 0.552. The molecule has 1 N–H and O–H groups in total. The minimum absolute atomic E-state index is 0.0860. The average Bonchev–Trinajstić information content (AvgIpc) is 3.23. The van der Waals surface area contributed by atoms with Crippen LogP contribution in [0.2, 0.25) is 0 Å². The molecule has 4 rings (SSSR count). The Hall–Kier alpha value is -1.92. The van der Waals surface area contributed by atoms with E-state index < -0.39 is 0 Å². The molecular formula is C18H17N3OS2. The number of nitrogens with one attached hydrogen (secondary N) is 1. The summed E-state index contributed by atoms with van der Waals surface area (Å²) in [7, 11) is 0. The van der Waals surface area contributed by atoms with E-state index in [1.54, 1.807) is 11.3 Å². The molecule has 0 bridgehead atoms. The maximum absolute atomic E-state index is 12.3. The molecule has 4 nitrogen and oxygen atoms in total. The first-order valence-corrected chi connectivity index (χ1v) is 9.74. The number of fused-ring (bicyclic) bond motifs is 1. The van der Waals surface area contributed by atoms with E-state index in [0.717, 1.165) is 39.5 Å². The number of rotatable bonds is 5. The van der Waals surface area contributed by atoms with Gasteiger partial charge >= 0.3 is 0 Å². The first-order chi connectivity index (χ1) is 11.7. The summed E-state index contributed by atoms with van der Waals surface area (Å²) < 4.78 is 0. The van der Waals surface area contributed by atoms with Gasteiger partial charge in [0.1, 0.15) is 5.03 Å². The fourth-order valence-electron chi connectivity index (χ4n) is 2.42. The summed E-state index contributed by atoms with van der Waals surface area (Å²) in [6.07, 6.45) is 2.20. The van der Waals surface area contributed by atoms with Crippen LogP contribution < -0.4 is 5.32 Å². The summed E-state index contributed by atoms with van der Waals surface area (Å²) in [5.41, 5.74) is 0.910. The van der Waals surface area contributed by atoms with Gasteiger partial charge in [0.15, 0.2) is 5.82 Å². The van der Waals surface area contributed by atoms with Crippen molar-refractivity contribution in [2.24, 2.45) is 0 Å². The van der Waals surface area contributed by atoms with E-state index in [4.69, 9.17) is 4.98 Å². The summed E-state index contributed by atoms with van der Waals surface area (Å²) in [5.74, 6) is 0.809. The van der Waals surface area contributed by atoms with Crippen LogP contribution in [-0.4, -0.2) is 27.2 Å². The number of carbonyl (C=O) groups is 1. The lowest BCUT2D eigenvalue weighted by molar-refractivity contribution is -0.120. The lowest BCUT2D eigenvalue weighted by Gasteiger charge is -2.13. The molecular weight excluding hydrogens is 338 g/mol. The maximum atomic E-state index is 12.3. The van der Waals surface area contributed by atoms with E-state index in [2.05, 4.69) is 10.3 Å². The second-order valence-electron chi connectivity index (χ2n) is 5.89. The first-order valence-electron chi connectivity index (χ1n) is 7.98. The zero-order chi connectivity index (χ0) is 16.5. The third kappa shape index (κ3) is 3.30. The lowest BCUT2D eigenvalue weighted by Crippen LogP contribution is -2.32. The zero-order valence-corrected chi connectivity index (χ0v) is 14.9. The van der Waals surface area contributed by atoms with Crippen LogP contribution >= 0.6 is 23.1 Å². The van der Waals surface area contributed by atoms with Crippen molar-refractivity contribution >= 4 is 39.9 Å². The SMILES string of the molecule is C[C@H](Sc1nc(-c2cccs2)nc2ccccc12)C(=O)NC1CC1. The minimum atomic E-state index is -0.180. The largest absolute Gasteiger partial charge is 0.352 e. The normalized spacial score (nSPS) is 15.4. The van der Waals surface area contributed by atoms with E-state index in [1.807, 2.05) is 48.7 Å². The highest BCUT2D eigenvalue weighted by molar-refractivity contribution is 8.00. The van der Waals surface area contributed by atoms with Crippen LogP contribution in [0.5, 0.6) is 0 Å². The molecule has 1 saturated carbocycles. The molecule has 0 spiro atoms. The van der Waals surface area contributed by atoms with Crippen molar-refractivity contribution in [2.45, 2.75) is 36.1 Å². The van der Waals surface area contributed by atoms with Crippen molar-refractivity contribution in [3.8, 4) is 10.7 Å². The number of hydrogen-bond donors (Lipinski definition) is 1. The van der Waals surface area contributed by atoms with Gasteiger partial charge in [-0.15, -0.1) is 11.3 Å². The Labute approximate surface area is 148 Å². The number of amides is 1. The minimum Gasteiger partial charge on any atom is -0.352 e. The molecule has 0 saturated heterocycles. The highest BCUT2D eigenvalue weighted by Gasteiger charge is 2.26. The van der Waals surface area contributed by atoms with Gasteiger partial charge in [-0.2, -0.15) is 0 Å². The fourth-order valence-corrected chi connectivity index (χ4v) is 4.03. The molecule has 24 heavy (non-hydrogen) atoms. The Morgan fingerprint density at radius 1 is 1.25 bits per heavy atom. The highest BCUT2D eigenvalue weighted by atomic mass is 32.2. The molecule has 0 unspecified atom stereocenters. The molecule has 1 aliphatic carbocycles. The second-order valence-corrected chi connectivity index (χ2v) is 8.17. The van der Waals surface area contributed by atoms with Crippen LogP contribution in [0.3, 0.4) is 0 Å². The van der Waals surface area contributed by atoms with E-state index in [9.17, 15) is 4.79 Å². The van der Waals surface area contributed by atoms with E-state index in [1.165, 1.54) is 11.8 Å². The molecule has 6 heteroatoms. The Morgan fingerprint density at radius 2 is 2.08 bits per heavy atom. The summed E-state index contributed by atoms with van der Waals surface area (Å²) in [4.78, 5) is 22.7. The van der Waals surface area contributed by atoms with Crippen LogP contribution in [0.1, 0.15) is 19.8 Å². The van der Waals surface area contributed by atoms with Gasteiger partial charge in [-0.1, -0.05) is 36.0 Å². The van der Waals surface area contributed by atoms with Gasteiger partial charge in [-0.05, 0) is 37.3 Å². The van der Waals surface area contributed by atoms with Crippen LogP contribution in [0, 0.1) is 0 Å². The molecule has 1 aromatic carbocycles. The Morgan fingerprint density at radius 3 is 2.83 bits per heavy atom. The highest BCUT2D eigenvalue weighted by Crippen LogP contribution is 2.32. The number of hydrogen-bond acceptors (Lipinski definition) is 5. The number of aromatic nitrogens is 2. The number of nitrogens with zero attached hydrogens (tertiary/aromatic N) is 2. The van der Waals surface area contributed by atoms with Crippen molar-refractivity contribution in [1.82, 2.24) is 15.3 Å². The smallest absolute Gasteiger partial charge is 0.233 e. The predicted molar refractivity (Wildman–Crippen MR) is 99.3 cm³/mol. The molecule has 0 aliphatic heterocycles. The van der Waals surface area contributed by atoms with Crippen molar-refractivity contribution in [3.05, 3.63) is 41.8 Å². The van der Waals surface area contributed by atoms with Crippen molar-refractivity contribution < 1.29 is 4.79 Å². The molecule has 1 amide bonds. The van der Waals surface area contributed by atoms with Crippen molar-refractivity contribution in [2.75, 3.05) is 0 Å². The third-order valence-corrected chi connectivity index (χ3v) is 5.86. The molecule has 1 atom stereocenters. The van der Waals surface area contributed by atoms with Gasteiger partial charge < -0.3 is 5.32 Å². The Balaban J connectivity index is 1.68. The second kappa shape index (κ2) is 6.53. The zero-order valence-electron chi connectivity index (χ0n) is 13.2. The molecule has 2 aromatic heterocycles. The van der Waals surface area contributed by atoms with Crippen LogP contribution in [-0.2, 0) is 4.79 Å². The van der Waals surface area contributed by atoms with Crippen LogP contribution in [0.4, 0.5) is 0 Å². The van der Waals surface area contributed by atoms with Gasteiger partial charge in [-0.3, -0.25) is 4.79 Å². The number of thiophene rings is 1. The Bertz CT molecular complexity index is 875. The molecule has 3 aromatic rings. The standard InChI is InChI=1S/C18H17N3OS2/c1-11(17(22)19-12-8-9-12)24-18-13-5-2-3-6-14(13)20-16(21-18)15-7-4-10-23-15/h2-7,10-12H,8-9H2,1H3,(H,19,22)/t11-/m0/s1. The van der Waals surface area contributed by atoms with Crippen molar-refractivity contribution in [3.63, 3.8) is 0 Å². The predicted octanol–water partition coefficient (Wildman–Crippen LogP) is 4.12. The number of carbonyl (C=O) groups excluding carboxylic acids is 1. The molecule has 2 heterocycles. The number of benzene rings is 1. The van der Waals surface area contributed by atoms with Crippen LogP contribution in [0.15, 0.2) is 46.8 Å². The molecule has 1 fully saturated rings. The van der Waals surface area contributed by atoms with Gasteiger partial charge in [0.05, 0.1) is 15.6 Å². The average molecular weight is 355 g/mol. The third-order valence-electron chi connectivity index (χ3n) is 3.89. The topological polar surface area (TPSA) is 54.9 Å². The lowest BCUT2D eigenvalue weighted by atomic mass is 10.2. The van der Waals surface area contributed by atoms with Gasteiger partial charge in [-0.25, -0.2) is 9.97 Å². The van der Waals surface area contributed by atoms with E-state index >= 15 is 0 Å². The summed E-state index contributed by atoms with van der Waals surface area (Å²) in [5, 5.41) is 6.76. The molecule has 0 radical (unpaired) electrons. The number of para-hydroxylation sites is 1. The summed E-state index contributed by atoms with van der Waals surface area (Å²) >= 11 is 3.13. The monoisotopic (exact) mass is 355 g/mol. The molecule has 1 aliphatic rings. The summed E-state index contributed by atoms with van der Waals surface area (Å²) in [6, 6.07) is 12.4. The van der Waals surface area contributed by atoms with Gasteiger partial charge in [0.2, 0.25) is 5.91 Å². The fraction of sp³-hybridized carbons (Fsp3) is 0.278.